The smallest absolute Gasteiger partial charge is 0.0431 e. The van der Waals surface area contributed by atoms with Crippen LogP contribution in [0.5, 0.6) is 0 Å². The predicted molar refractivity (Wildman–Crippen MR) is 120 cm³/mol. The first kappa shape index (κ1) is 34.4. The summed E-state index contributed by atoms with van der Waals surface area (Å²) in [5.74, 6) is 0. The molecule has 0 atom stereocenters. The van der Waals surface area contributed by atoms with Gasteiger partial charge in [0.25, 0.3) is 0 Å². The van der Waals surface area contributed by atoms with Crippen molar-refractivity contribution in [3.8, 4) is 0 Å². The lowest BCUT2D eigenvalue weighted by molar-refractivity contribution is 0.282. The zero-order valence-corrected chi connectivity index (χ0v) is 19.2. The molecule has 0 bridgehead atoms. The quantitative estimate of drug-likeness (QED) is 0.263. The van der Waals surface area contributed by atoms with E-state index in [4.69, 9.17) is 20.4 Å². The average molecular weight is 395 g/mol. The lowest BCUT2D eigenvalue weighted by Gasteiger charge is -1.95. The van der Waals surface area contributed by atoms with E-state index in [1.54, 1.807) is 0 Å². The van der Waals surface area contributed by atoms with Crippen LogP contribution < -0.4 is 0 Å². The Morgan fingerprint density at radius 2 is 0.519 bits per heavy atom. The molecule has 0 aromatic carbocycles. The Morgan fingerprint density at radius 3 is 0.778 bits per heavy atom. The SMILES string of the molecule is CCCCCCCCO.CCCCCCO.CCCCCO.CCCCO. The third kappa shape index (κ3) is 66.7. The van der Waals surface area contributed by atoms with Gasteiger partial charge >= 0.3 is 0 Å². The van der Waals surface area contributed by atoms with Crippen LogP contribution in [-0.2, 0) is 0 Å². The van der Waals surface area contributed by atoms with Crippen molar-refractivity contribution in [3.63, 3.8) is 0 Å². The summed E-state index contributed by atoms with van der Waals surface area (Å²) in [6.45, 7) is 9.98. The number of rotatable bonds is 15. The number of hydrogen-bond donors (Lipinski definition) is 4. The van der Waals surface area contributed by atoms with Crippen molar-refractivity contribution in [1.29, 1.82) is 0 Å². The molecule has 0 radical (unpaired) electrons. The van der Waals surface area contributed by atoms with Gasteiger partial charge < -0.3 is 20.4 Å². The molecule has 0 amide bonds. The summed E-state index contributed by atoms with van der Waals surface area (Å²) < 4.78 is 0. The van der Waals surface area contributed by atoms with Crippen LogP contribution in [-0.4, -0.2) is 46.9 Å². The molecule has 4 heteroatoms. The maximum atomic E-state index is 8.42. The summed E-state index contributed by atoms with van der Waals surface area (Å²) in [4.78, 5) is 0. The molecule has 0 unspecified atom stereocenters. The second-order valence-corrected chi connectivity index (χ2v) is 6.78. The van der Waals surface area contributed by atoms with E-state index < -0.39 is 0 Å². The molecule has 27 heavy (non-hydrogen) atoms. The summed E-state index contributed by atoms with van der Waals surface area (Å²) in [5, 5.41) is 33.0. The topological polar surface area (TPSA) is 80.9 Å². The highest BCUT2D eigenvalue weighted by atomic mass is 16.3. The Kier molecular flexibility index (Phi) is 57.2. The van der Waals surface area contributed by atoms with Crippen LogP contribution >= 0.6 is 0 Å². The van der Waals surface area contributed by atoms with E-state index >= 15 is 0 Å². The third-order valence-corrected chi connectivity index (χ3v) is 3.80. The van der Waals surface area contributed by atoms with Gasteiger partial charge in [-0.3, -0.25) is 0 Å². The molecule has 0 saturated heterocycles. The second kappa shape index (κ2) is 44.9. The van der Waals surface area contributed by atoms with Gasteiger partial charge in [-0.15, -0.1) is 0 Å². The van der Waals surface area contributed by atoms with Gasteiger partial charge in [0.15, 0.2) is 0 Å². The highest BCUT2D eigenvalue weighted by Crippen LogP contribution is 2.03. The molecule has 0 aliphatic heterocycles. The molecule has 4 N–H and O–H groups in total. The minimum absolute atomic E-state index is 0.344. The molecule has 0 aliphatic carbocycles. The maximum Gasteiger partial charge on any atom is 0.0431 e. The van der Waals surface area contributed by atoms with E-state index in [0.29, 0.717) is 26.4 Å². The van der Waals surface area contributed by atoms with Crippen LogP contribution in [0.4, 0.5) is 0 Å². The Labute approximate surface area is 171 Å². The average Bonchev–Trinajstić information content (AvgIpc) is 2.69. The first-order valence-corrected chi connectivity index (χ1v) is 11.6. The van der Waals surface area contributed by atoms with E-state index in [9.17, 15) is 0 Å². The summed E-state index contributed by atoms with van der Waals surface area (Å²) in [6.07, 6.45) is 17.5. The van der Waals surface area contributed by atoms with E-state index in [1.807, 2.05) is 0 Å². The standard InChI is InChI=1S/C8H18O.C6H14O.C5H12O.C4H10O/c1-2-3-4-5-6-7-8-9;1-2-3-4-5-6-7;1-2-3-4-5-6;1-2-3-4-5/h9H,2-8H2,1H3;7H,2-6H2,1H3;6H,2-5H2,1H3;5H,2-4H2,1H3. The molecule has 0 rings (SSSR count). The summed E-state index contributed by atoms with van der Waals surface area (Å²) >= 11 is 0. The zero-order valence-electron chi connectivity index (χ0n) is 19.2. The molecule has 0 saturated carbocycles. The summed E-state index contributed by atoms with van der Waals surface area (Å²) in [7, 11) is 0. The van der Waals surface area contributed by atoms with Crippen molar-refractivity contribution in [2.45, 2.75) is 124 Å². The van der Waals surface area contributed by atoms with Crippen LogP contribution in [0.3, 0.4) is 0 Å². The van der Waals surface area contributed by atoms with E-state index in [2.05, 4.69) is 27.7 Å². The minimum Gasteiger partial charge on any atom is -0.396 e. The fourth-order valence-corrected chi connectivity index (χ4v) is 1.95. The van der Waals surface area contributed by atoms with E-state index in [-0.39, 0.29) is 0 Å². The molecule has 0 heterocycles. The molecule has 0 fully saturated rings. The fourth-order valence-electron chi connectivity index (χ4n) is 1.95. The van der Waals surface area contributed by atoms with Gasteiger partial charge in [0.2, 0.25) is 0 Å². The monoisotopic (exact) mass is 394 g/mol. The van der Waals surface area contributed by atoms with Crippen molar-refractivity contribution in [2.24, 2.45) is 0 Å². The molecular formula is C23H54O4. The van der Waals surface area contributed by atoms with Crippen molar-refractivity contribution in [2.75, 3.05) is 26.4 Å². The highest BCUT2D eigenvalue weighted by molar-refractivity contribution is 4.41. The van der Waals surface area contributed by atoms with Gasteiger partial charge in [-0.1, -0.05) is 98.3 Å². The summed E-state index contributed by atoms with van der Waals surface area (Å²) in [5.41, 5.74) is 0. The predicted octanol–water partition coefficient (Wildman–Crippen LogP) is 5.85. The Bertz CT molecular complexity index is 162. The van der Waals surface area contributed by atoms with Crippen molar-refractivity contribution in [1.82, 2.24) is 0 Å². The number of aliphatic hydroxyl groups excluding tert-OH is 4. The highest BCUT2D eigenvalue weighted by Gasteiger charge is 1.86. The van der Waals surface area contributed by atoms with Crippen LogP contribution in [0.15, 0.2) is 0 Å². The largest absolute Gasteiger partial charge is 0.396 e. The number of aliphatic hydroxyl groups is 4. The Hall–Kier alpha value is -0.160. The fraction of sp³-hybridized carbons (Fsp3) is 1.00. The molecule has 0 spiro atoms. The Morgan fingerprint density at radius 1 is 0.296 bits per heavy atom. The van der Waals surface area contributed by atoms with E-state index in [1.165, 1.54) is 57.8 Å². The molecule has 4 nitrogen and oxygen atoms in total. The van der Waals surface area contributed by atoms with Crippen LogP contribution in [0.2, 0.25) is 0 Å². The number of hydrogen-bond acceptors (Lipinski definition) is 4. The van der Waals surface area contributed by atoms with Crippen LogP contribution in [0, 0.1) is 0 Å². The zero-order chi connectivity index (χ0) is 21.4. The van der Waals surface area contributed by atoms with Crippen LogP contribution in [0.25, 0.3) is 0 Å². The lowest BCUT2D eigenvalue weighted by atomic mass is 10.1. The van der Waals surface area contributed by atoms with Crippen molar-refractivity contribution in [3.05, 3.63) is 0 Å². The van der Waals surface area contributed by atoms with Gasteiger partial charge in [-0.05, 0) is 25.7 Å². The van der Waals surface area contributed by atoms with Gasteiger partial charge in [0.05, 0.1) is 0 Å². The first-order chi connectivity index (χ1) is 13.2. The minimum atomic E-state index is 0.344. The molecular weight excluding hydrogens is 340 g/mol. The molecule has 0 aromatic heterocycles. The van der Waals surface area contributed by atoms with Gasteiger partial charge in [0.1, 0.15) is 0 Å². The summed E-state index contributed by atoms with van der Waals surface area (Å²) in [6, 6.07) is 0. The number of unbranched alkanes of at least 4 members (excludes halogenated alkanes) is 11. The van der Waals surface area contributed by atoms with Gasteiger partial charge in [-0.25, -0.2) is 0 Å². The van der Waals surface area contributed by atoms with Gasteiger partial charge in [-0.2, -0.15) is 0 Å². The van der Waals surface area contributed by atoms with Crippen molar-refractivity contribution >= 4 is 0 Å². The maximum absolute atomic E-state index is 8.42. The third-order valence-electron chi connectivity index (χ3n) is 3.80. The first-order valence-electron chi connectivity index (χ1n) is 11.6. The normalized spacial score (nSPS) is 9.33. The lowest BCUT2D eigenvalue weighted by Crippen LogP contribution is -1.82. The van der Waals surface area contributed by atoms with Crippen molar-refractivity contribution < 1.29 is 20.4 Å². The van der Waals surface area contributed by atoms with Crippen LogP contribution in [0.1, 0.15) is 124 Å². The second-order valence-electron chi connectivity index (χ2n) is 6.78. The van der Waals surface area contributed by atoms with E-state index in [0.717, 1.165) is 38.5 Å². The molecule has 170 valence electrons. The molecule has 0 aliphatic rings. The molecule has 0 aromatic rings. The van der Waals surface area contributed by atoms with Gasteiger partial charge in [0, 0.05) is 26.4 Å². The Balaban J connectivity index is -0.000000134.